The van der Waals surface area contributed by atoms with Gasteiger partial charge in [0, 0.05) is 29.5 Å². The molecule has 2 nitrogen and oxygen atoms in total. The SMILES string of the molecule is C=CCSCCNCc1nc(C)c(C)s1. The maximum absolute atomic E-state index is 4.48. The summed E-state index contributed by atoms with van der Waals surface area (Å²) in [7, 11) is 0. The predicted molar refractivity (Wildman–Crippen MR) is 70.8 cm³/mol. The van der Waals surface area contributed by atoms with Gasteiger partial charge < -0.3 is 5.32 Å². The number of aromatic nitrogens is 1. The Labute approximate surface area is 100 Å². The molecular weight excluding hydrogens is 224 g/mol. The molecule has 0 bridgehead atoms. The lowest BCUT2D eigenvalue weighted by molar-refractivity contribution is 0.726. The molecule has 1 aromatic heterocycles. The first-order chi connectivity index (χ1) is 7.24. The second-order valence-corrected chi connectivity index (χ2v) is 5.73. The van der Waals surface area contributed by atoms with Crippen LogP contribution in [0.4, 0.5) is 0 Å². The van der Waals surface area contributed by atoms with Crippen molar-refractivity contribution in [3.63, 3.8) is 0 Å². The van der Waals surface area contributed by atoms with Crippen LogP contribution in [0.2, 0.25) is 0 Å². The molecular formula is C11H18N2S2. The molecule has 84 valence electrons. The van der Waals surface area contributed by atoms with Crippen molar-refractivity contribution in [2.75, 3.05) is 18.1 Å². The third-order valence-corrected chi connectivity index (χ3v) is 4.04. The molecule has 0 unspecified atom stereocenters. The highest BCUT2D eigenvalue weighted by Crippen LogP contribution is 2.15. The summed E-state index contributed by atoms with van der Waals surface area (Å²) < 4.78 is 0. The molecule has 1 N–H and O–H groups in total. The van der Waals surface area contributed by atoms with Gasteiger partial charge in [-0.15, -0.1) is 17.9 Å². The summed E-state index contributed by atoms with van der Waals surface area (Å²) in [6, 6.07) is 0. The van der Waals surface area contributed by atoms with Crippen LogP contribution >= 0.6 is 23.1 Å². The van der Waals surface area contributed by atoms with E-state index < -0.39 is 0 Å². The lowest BCUT2D eigenvalue weighted by atomic mass is 10.4. The van der Waals surface area contributed by atoms with E-state index in [4.69, 9.17) is 0 Å². The summed E-state index contributed by atoms with van der Waals surface area (Å²) in [4.78, 5) is 5.80. The number of aryl methyl sites for hydroxylation is 2. The van der Waals surface area contributed by atoms with Gasteiger partial charge in [0.25, 0.3) is 0 Å². The van der Waals surface area contributed by atoms with E-state index in [9.17, 15) is 0 Å². The zero-order valence-electron chi connectivity index (χ0n) is 9.38. The Balaban J connectivity index is 2.12. The van der Waals surface area contributed by atoms with Gasteiger partial charge in [-0.1, -0.05) is 6.08 Å². The minimum Gasteiger partial charge on any atom is -0.310 e. The molecule has 0 fully saturated rings. The molecule has 1 heterocycles. The van der Waals surface area contributed by atoms with E-state index in [-0.39, 0.29) is 0 Å². The Morgan fingerprint density at radius 3 is 2.93 bits per heavy atom. The van der Waals surface area contributed by atoms with Crippen molar-refractivity contribution in [2.24, 2.45) is 0 Å². The fourth-order valence-corrected chi connectivity index (χ4v) is 2.65. The van der Waals surface area contributed by atoms with Gasteiger partial charge >= 0.3 is 0 Å². The zero-order chi connectivity index (χ0) is 11.1. The summed E-state index contributed by atoms with van der Waals surface area (Å²) in [6.45, 7) is 9.81. The van der Waals surface area contributed by atoms with Crippen LogP contribution in [0.5, 0.6) is 0 Å². The van der Waals surface area contributed by atoms with Crippen LogP contribution in [0.25, 0.3) is 0 Å². The lowest BCUT2D eigenvalue weighted by Gasteiger charge is -2.00. The molecule has 0 atom stereocenters. The first kappa shape index (κ1) is 12.7. The third kappa shape index (κ3) is 4.82. The number of hydrogen-bond acceptors (Lipinski definition) is 4. The maximum atomic E-state index is 4.48. The van der Waals surface area contributed by atoms with Crippen LogP contribution < -0.4 is 5.32 Å². The van der Waals surface area contributed by atoms with Crippen LogP contribution in [0, 0.1) is 13.8 Å². The largest absolute Gasteiger partial charge is 0.310 e. The Bertz CT molecular complexity index is 288. The fraction of sp³-hybridized carbons (Fsp3) is 0.545. The fourth-order valence-electron chi connectivity index (χ4n) is 1.12. The van der Waals surface area contributed by atoms with E-state index in [1.165, 1.54) is 9.88 Å². The Hall–Kier alpha value is -0.320. The summed E-state index contributed by atoms with van der Waals surface area (Å²) in [5.74, 6) is 2.17. The summed E-state index contributed by atoms with van der Waals surface area (Å²) in [5.41, 5.74) is 1.16. The first-order valence-corrected chi connectivity index (χ1v) is 7.03. The van der Waals surface area contributed by atoms with Crippen molar-refractivity contribution in [1.82, 2.24) is 10.3 Å². The van der Waals surface area contributed by atoms with Crippen molar-refractivity contribution in [3.05, 3.63) is 28.2 Å². The van der Waals surface area contributed by atoms with Crippen LogP contribution in [-0.2, 0) is 6.54 Å². The van der Waals surface area contributed by atoms with Gasteiger partial charge in [-0.25, -0.2) is 4.98 Å². The molecule has 0 saturated carbocycles. The minimum absolute atomic E-state index is 0.897. The van der Waals surface area contributed by atoms with Crippen molar-refractivity contribution in [3.8, 4) is 0 Å². The number of thiazole rings is 1. The zero-order valence-corrected chi connectivity index (χ0v) is 11.0. The van der Waals surface area contributed by atoms with Crippen molar-refractivity contribution < 1.29 is 0 Å². The van der Waals surface area contributed by atoms with Gasteiger partial charge in [0.15, 0.2) is 0 Å². The molecule has 0 aliphatic heterocycles. The van der Waals surface area contributed by atoms with E-state index in [2.05, 4.69) is 30.7 Å². The van der Waals surface area contributed by atoms with E-state index in [0.29, 0.717) is 0 Å². The molecule has 1 rings (SSSR count). The van der Waals surface area contributed by atoms with Gasteiger partial charge in [-0.3, -0.25) is 0 Å². The number of hydrogen-bond donors (Lipinski definition) is 1. The summed E-state index contributed by atoms with van der Waals surface area (Å²) in [6.07, 6.45) is 1.94. The molecule has 0 spiro atoms. The Morgan fingerprint density at radius 2 is 2.33 bits per heavy atom. The van der Waals surface area contributed by atoms with E-state index in [1.807, 2.05) is 17.8 Å². The molecule has 0 aromatic carbocycles. The highest BCUT2D eigenvalue weighted by molar-refractivity contribution is 7.99. The molecule has 0 radical (unpaired) electrons. The minimum atomic E-state index is 0.897. The van der Waals surface area contributed by atoms with Crippen LogP contribution in [0.3, 0.4) is 0 Å². The van der Waals surface area contributed by atoms with Gasteiger partial charge in [0.1, 0.15) is 5.01 Å². The Morgan fingerprint density at radius 1 is 1.53 bits per heavy atom. The van der Waals surface area contributed by atoms with E-state index in [1.54, 1.807) is 11.3 Å². The van der Waals surface area contributed by atoms with Crippen LogP contribution in [0.15, 0.2) is 12.7 Å². The van der Waals surface area contributed by atoms with Gasteiger partial charge in [0.2, 0.25) is 0 Å². The summed E-state index contributed by atoms with van der Waals surface area (Å²) in [5, 5.41) is 4.59. The standard InChI is InChI=1S/C11H18N2S2/c1-4-6-14-7-5-12-8-11-13-9(2)10(3)15-11/h4,12H,1,5-8H2,2-3H3. The normalized spacial score (nSPS) is 10.5. The maximum Gasteiger partial charge on any atom is 0.107 e. The number of thioether (sulfide) groups is 1. The predicted octanol–water partition coefficient (Wildman–Crippen LogP) is 2.77. The molecule has 1 aromatic rings. The van der Waals surface area contributed by atoms with Crippen molar-refractivity contribution in [2.45, 2.75) is 20.4 Å². The summed E-state index contributed by atoms with van der Waals surface area (Å²) >= 11 is 3.69. The number of rotatable bonds is 7. The van der Waals surface area contributed by atoms with Gasteiger partial charge in [-0.2, -0.15) is 11.8 Å². The number of nitrogens with one attached hydrogen (secondary N) is 1. The number of nitrogens with zero attached hydrogens (tertiary/aromatic N) is 1. The van der Waals surface area contributed by atoms with Crippen molar-refractivity contribution in [1.29, 1.82) is 0 Å². The topological polar surface area (TPSA) is 24.9 Å². The van der Waals surface area contributed by atoms with Crippen LogP contribution in [-0.4, -0.2) is 23.0 Å². The van der Waals surface area contributed by atoms with Crippen molar-refractivity contribution >= 4 is 23.1 Å². The Kier molecular flexibility index (Phi) is 5.98. The molecule has 0 aliphatic carbocycles. The smallest absolute Gasteiger partial charge is 0.107 e. The second kappa shape index (κ2) is 7.04. The van der Waals surface area contributed by atoms with Gasteiger partial charge in [0.05, 0.1) is 5.69 Å². The second-order valence-electron chi connectivity index (χ2n) is 3.29. The molecule has 15 heavy (non-hydrogen) atoms. The molecule has 0 aliphatic rings. The highest BCUT2D eigenvalue weighted by atomic mass is 32.2. The van der Waals surface area contributed by atoms with E-state index >= 15 is 0 Å². The quantitative estimate of drug-likeness (QED) is 0.588. The molecule has 0 saturated heterocycles. The highest BCUT2D eigenvalue weighted by Gasteiger charge is 2.01. The first-order valence-electron chi connectivity index (χ1n) is 5.06. The van der Waals surface area contributed by atoms with Gasteiger partial charge in [-0.05, 0) is 13.8 Å². The third-order valence-electron chi connectivity index (χ3n) is 2.01. The lowest BCUT2D eigenvalue weighted by Crippen LogP contribution is -2.16. The average Bonchev–Trinajstić information content (AvgIpc) is 2.52. The average molecular weight is 242 g/mol. The monoisotopic (exact) mass is 242 g/mol. The van der Waals surface area contributed by atoms with E-state index in [0.717, 1.165) is 30.3 Å². The van der Waals surface area contributed by atoms with Crippen LogP contribution in [0.1, 0.15) is 15.6 Å². The molecule has 0 amide bonds. The molecule has 4 heteroatoms.